The summed E-state index contributed by atoms with van der Waals surface area (Å²) in [4.78, 5) is 11.8. The van der Waals surface area contributed by atoms with Crippen LogP contribution in [0.2, 0.25) is 5.02 Å². The molecule has 0 aromatic heterocycles. The van der Waals surface area contributed by atoms with E-state index in [1.54, 1.807) is 42.5 Å². The lowest BCUT2D eigenvalue weighted by molar-refractivity contribution is 0.0954. The molecule has 2 N–H and O–H groups in total. The van der Waals surface area contributed by atoms with Crippen LogP contribution < -0.4 is 5.32 Å². The first-order valence-corrected chi connectivity index (χ1v) is 6.34. The lowest BCUT2D eigenvalue weighted by atomic mass is 10.1. The summed E-state index contributed by atoms with van der Waals surface area (Å²) in [7, 11) is 0. The monoisotopic (exact) mass is 275 g/mol. The molecule has 4 heteroatoms. The van der Waals surface area contributed by atoms with E-state index in [-0.39, 0.29) is 11.7 Å². The smallest absolute Gasteiger partial charge is 0.251 e. The van der Waals surface area contributed by atoms with E-state index < -0.39 is 0 Å². The number of phenols is 1. The minimum absolute atomic E-state index is 0.150. The summed E-state index contributed by atoms with van der Waals surface area (Å²) in [6.07, 6.45) is 0.667. The first-order chi connectivity index (χ1) is 9.15. The zero-order valence-corrected chi connectivity index (χ0v) is 11.0. The average molecular weight is 276 g/mol. The van der Waals surface area contributed by atoms with Crippen molar-refractivity contribution >= 4 is 17.5 Å². The molecule has 2 rings (SSSR count). The van der Waals surface area contributed by atoms with Gasteiger partial charge < -0.3 is 10.4 Å². The van der Waals surface area contributed by atoms with Gasteiger partial charge in [-0.05, 0) is 42.3 Å². The highest BCUT2D eigenvalue weighted by molar-refractivity contribution is 6.30. The van der Waals surface area contributed by atoms with Crippen molar-refractivity contribution in [3.63, 3.8) is 0 Å². The predicted octanol–water partition coefficient (Wildman–Crippen LogP) is 3.02. The number of amides is 1. The van der Waals surface area contributed by atoms with Crippen molar-refractivity contribution in [2.45, 2.75) is 6.42 Å². The molecule has 2 aromatic carbocycles. The zero-order valence-electron chi connectivity index (χ0n) is 10.3. The maximum atomic E-state index is 11.8. The standard InChI is InChI=1S/C15H14ClNO2/c16-13-5-2-4-12(10-13)15(19)17-8-7-11-3-1-6-14(18)9-11/h1-6,9-10,18H,7-8H2,(H,17,19). The summed E-state index contributed by atoms with van der Waals surface area (Å²) in [6, 6.07) is 13.8. The Labute approximate surface area is 116 Å². The minimum atomic E-state index is -0.150. The second-order valence-electron chi connectivity index (χ2n) is 4.19. The zero-order chi connectivity index (χ0) is 13.7. The molecular weight excluding hydrogens is 262 g/mol. The fourth-order valence-electron chi connectivity index (χ4n) is 1.76. The number of halogens is 1. The summed E-state index contributed by atoms with van der Waals surface area (Å²) in [5, 5.41) is 12.7. The second kappa shape index (κ2) is 6.25. The number of benzene rings is 2. The van der Waals surface area contributed by atoms with Crippen molar-refractivity contribution < 1.29 is 9.90 Å². The number of carbonyl (C=O) groups is 1. The van der Waals surface area contributed by atoms with Crippen LogP contribution in [0, 0.1) is 0 Å². The first kappa shape index (κ1) is 13.4. The van der Waals surface area contributed by atoms with Crippen LogP contribution in [-0.2, 0) is 6.42 Å². The van der Waals surface area contributed by atoms with E-state index in [9.17, 15) is 9.90 Å². The van der Waals surface area contributed by atoms with Crippen LogP contribution in [0.5, 0.6) is 5.75 Å². The molecule has 0 radical (unpaired) electrons. The molecule has 19 heavy (non-hydrogen) atoms. The SMILES string of the molecule is O=C(NCCc1cccc(O)c1)c1cccc(Cl)c1. The van der Waals surface area contributed by atoms with Crippen LogP contribution >= 0.6 is 11.6 Å². The van der Waals surface area contributed by atoms with Crippen LogP contribution in [0.4, 0.5) is 0 Å². The largest absolute Gasteiger partial charge is 0.508 e. The van der Waals surface area contributed by atoms with Gasteiger partial charge in [0.2, 0.25) is 0 Å². The van der Waals surface area contributed by atoms with E-state index in [1.807, 2.05) is 6.07 Å². The van der Waals surface area contributed by atoms with Crippen molar-refractivity contribution in [1.29, 1.82) is 0 Å². The average Bonchev–Trinajstić information content (AvgIpc) is 2.38. The van der Waals surface area contributed by atoms with Gasteiger partial charge in [-0.15, -0.1) is 0 Å². The van der Waals surface area contributed by atoms with Gasteiger partial charge in [0.1, 0.15) is 5.75 Å². The van der Waals surface area contributed by atoms with Crippen molar-refractivity contribution in [3.05, 3.63) is 64.7 Å². The number of hydrogen-bond donors (Lipinski definition) is 2. The second-order valence-corrected chi connectivity index (χ2v) is 4.62. The molecule has 0 atom stereocenters. The third kappa shape index (κ3) is 4.00. The molecule has 2 aromatic rings. The normalized spacial score (nSPS) is 10.2. The van der Waals surface area contributed by atoms with Gasteiger partial charge in [-0.2, -0.15) is 0 Å². The Kier molecular flexibility index (Phi) is 4.42. The van der Waals surface area contributed by atoms with Crippen molar-refractivity contribution in [2.75, 3.05) is 6.54 Å². The highest BCUT2D eigenvalue weighted by Crippen LogP contribution is 2.12. The van der Waals surface area contributed by atoms with Gasteiger partial charge in [0.25, 0.3) is 5.91 Å². The number of rotatable bonds is 4. The Bertz CT molecular complexity index is 584. The van der Waals surface area contributed by atoms with Crippen LogP contribution in [-0.4, -0.2) is 17.6 Å². The van der Waals surface area contributed by atoms with Gasteiger partial charge in [0.15, 0.2) is 0 Å². The quantitative estimate of drug-likeness (QED) is 0.901. The molecule has 3 nitrogen and oxygen atoms in total. The third-order valence-corrected chi connectivity index (χ3v) is 2.93. The number of hydrogen-bond acceptors (Lipinski definition) is 2. The Morgan fingerprint density at radius 3 is 2.68 bits per heavy atom. The Balaban J connectivity index is 1.87. The van der Waals surface area contributed by atoms with E-state index in [0.717, 1.165) is 5.56 Å². The highest BCUT2D eigenvalue weighted by Gasteiger charge is 2.05. The fourth-order valence-corrected chi connectivity index (χ4v) is 1.95. The molecule has 0 aliphatic heterocycles. The van der Waals surface area contributed by atoms with Crippen molar-refractivity contribution in [3.8, 4) is 5.75 Å². The van der Waals surface area contributed by atoms with Crippen LogP contribution in [0.3, 0.4) is 0 Å². The predicted molar refractivity (Wildman–Crippen MR) is 75.6 cm³/mol. The van der Waals surface area contributed by atoms with Gasteiger partial charge in [-0.25, -0.2) is 0 Å². The molecule has 1 amide bonds. The molecular formula is C15H14ClNO2. The van der Waals surface area contributed by atoms with E-state index >= 15 is 0 Å². The summed E-state index contributed by atoms with van der Waals surface area (Å²) < 4.78 is 0. The number of nitrogens with one attached hydrogen (secondary N) is 1. The number of phenolic OH excluding ortho intramolecular Hbond substituents is 1. The number of carbonyl (C=O) groups excluding carboxylic acids is 1. The lowest BCUT2D eigenvalue weighted by Crippen LogP contribution is -2.25. The molecule has 0 fully saturated rings. The van der Waals surface area contributed by atoms with Gasteiger partial charge >= 0.3 is 0 Å². The molecule has 0 unspecified atom stereocenters. The molecule has 0 saturated carbocycles. The first-order valence-electron chi connectivity index (χ1n) is 5.97. The maximum absolute atomic E-state index is 11.8. The van der Waals surface area contributed by atoms with Crippen molar-refractivity contribution in [1.82, 2.24) is 5.32 Å². The van der Waals surface area contributed by atoms with E-state index in [1.165, 1.54) is 0 Å². The minimum Gasteiger partial charge on any atom is -0.508 e. The molecule has 98 valence electrons. The summed E-state index contributed by atoms with van der Waals surface area (Å²) >= 11 is 5.83. The lowest BCUT2D eigenvalue weighted by Gasteiger charge is -2.06. The van der Waals surface area contributed by atoms with Crippen LogP contribution in [0.1, 0.15) is 15.9 Å². The van der Waals surface area contributed by atoms with Crippen LogP contribution in [0.15, 0.2) is 48.5 Å². The number of aromatic hydroxyl groups is 1. The maximum Gasteiger partial charge on any atom is 0.251 e. The molecule has 0 bridgehead atoms. The van der Waals surface area contributed by atoms with Crippen molar-refractivity contribution in [2.24, 2.45) is 0 Å². The molecule has 0 saturated heterocycles. The van der Waals surface area contributed by atoms with Gasteiger partial charge in [0, 0.05) is 17.1 Å². The van der Waals surface area contributed by atoms with Gasteiger partial charge in [-0.1, -0.05) is 29.8 Å². The van der Waals surface area contributed by atoms with Gasteiger partial charge in [0.05, 0.1) is 0 Å². The summed E-state index contributed by atoms with van der Waals surface area (Å²) in [5.74, 6) is 0.0846. The Hall–Kier alpha value is -2.00. The summed E-state index contributed by atoms with van der Waals surface area (Å²) in [6.45, 7) is 0.509. The van der Waals surface area contributed by atoms with Gasteiger partial charge in [-0.3, -0.25) is 4.79 Å². The molecule has 0 spiro atoms. The van der Waals surface area contributed by atoms with E-state index in [0.29, 0.717) is 23.6 Å². The molecule has 0 heterocycles. The molecule has 0 aliphatic rings. The summed E-state index contributed by atoms with van der Waals surface area (Å²) in [5.41, 5.74) is 1.52. The van der Waals surface area contributed by atoms with E-state index in [4.69, 9.17) is 11.6 Å². The van der Waals surface area contributed by atoms with E-state index in [2.05, 4.69) is 5.32 Å². The third-order valence-electron chi connectivity index (χ3n) is 2.70. The Morgan fingerprint density at radius 2 is 1.95 bits per heavy atom. The molecule has 0 aliphatic carbocycles. The Morgan fingerprint density at radius 1 is 1.16 bits per heavy atom. The highest BCUT2D eigenvalue weighted by atomic mass is 35.5. The van der Waals surface area contributed by atoms with Crippen LogP contribution in [0.25, 0.3) is 0 Å². The topological polar surface area (TPSA) is 49.3 Å². The fraction of sp³-hybridized carbons (Fsp3) is 0.133.